The lowest BCUT2D eigenvalue weighted by Gasteiger charge is -2.12. The van der Waals surface area contributed by atoms with E-state index in [1.54, 1.807) is 30.3 Å². The summed E-state index contributed by atoms with van der Waals surface area (Å²) in [5.74, 6) is -0.616. The first kappa shape index (κ1) is 21.7. The Morgan fingerprint density at radius 2 is 1.67 bits per heavy atom. The van der Waals surface area contributed by atoms with Crippen LogP contribution in [0.2, 0.25) is 5.02 Å². The molecule has 7 heteroatoms. The third-order valence-electron chi connectivity index (χ3n) is 3.94. The van der Waals surface area contributed by atoms with Gasteiger partial charge in [-0.1, -0.05) is 47.6 Å². The van der Waals surface area contributed by atoms with Gasteiger partial charge in [0.15, 0.2) is 6.61 Å². The highest BCUT2D eigenvalue weighted by Crippen LogP contribution is 2.33. The highest BCUT2D eigenvalue weighted by Gasteiger charge is 2.16. The fraction of sp³-hybridized carbons (Fsp3) is 0.130. The minimum Gasteiger partial charge on any atom is -0.493 e. The maximum absolute atomic E-state index is 12.4. The highest BCUT2D eigenvalue weighted by atomic mass is 35.5. The van der Waals surface area contributed by atoms with Crippen LogP contribution in [-0.4, -0.2) is 25.1 Å². The van der Waals surface area contributed by atoms with Crippen LogP contribution >= 0.6 is 23.4 Å². The van der Waals surface area contributed by atoms with Gasteiger partial charge in [-0.05, 0) is 55.5 Å². The summed E-state index contributed by atoms with van der Waals surface area (Å²) >= 11 is 7.43. The quantitative estimate of drug-likeness (QED) is 0.455. The van der Waals surface area contributed by atoms with Crippen molar-refractivity contribution in [1.29, 1.82) is 0 Å². The van der Waals surface area contributed by atoms with Crippen molar-refractivity contribution >= 4 is 40.9 Å². The minimum absolute atomic E-state index is 0.283. The molecular weight excluding hydrogens is 422 g/mol. The molecule has 0 saturated heterocycles. The maximum Gasteiger partial charge on any atom is 0.342 e. The predicted octanol–water partition coefficient (Wildman–Crippen LogP) is 5.69. The van der Waals surface area contributed by atoms with Crippen molar-refractivity contribution in [2.24, 2.45) is 0 Å². The summed E-state index contributed by atoms with van der Waals surface area (Å²) in [7, 11) is 0. The molecule has 0 aliphatic rings. The molecule has 1 N–H and O–H groups in total. The molecule has 0 aromatic heterocycles. The van der Waals surface area contributed by atoms with Gasteiger partial charge in [0.2, 0.25) is 0 Å². The molecule has 0 fully saturated rings. The van der Waals surface area contributed by atoms with Crippen LogP contribution in [-0.2, 0) is 9.53 Å². The van der Waals surface area contributed by atoms with Gasteiger partial charge in [-0.3, -0.25) is 4.79 Å². The number of benzene rings is 3. The van der Waals surface area contributed by atoms with E-state index in [4.69, 9.17) is 21.1 Å². The lowest BCUT2D eigenvalue weighted by atomic mass is 10.2. The predicted molar refractivity (Wildman–Crippen MR) is 119 cm³/mol. The maximum atomic E-state index is 12.4. The molecule has 0 atom stereocenters. The third kappa shape index (κ3) is 6.02. The number of anilines is 1. The van der Waals surface area contributed by atoms with Gasteiger partial charge in [0.1, 0.15) is 11.3 Å². The molecule has 30 heavy (non-hydrogen) atoms. The zero-order valence-corrected chi connectivity index (χ0v) is 17.8. The summed E-state index contributed by atoms with van der Waals surface area (Å²) in [5.41, 5.74) is 0.916. The van der Waals surface area contributed by atoms with E-state index in [1.807, 2.05) is 49.4 Å². The molecule has 0 aliphatic carbocycles. The summed E-state index contributed by atoms with van der Waals surface area (Å²) in [6.07, 6.45) is 0. The van der Waals surface area contributed by atoms with Crippen molar-refractivity contribution in [3.8, 4) is 5.75 Å². The van der Waals surface area contributed by atoms with Gasteiger partial charge in [0.05, 0.1) is 12.3 Å². The SMILES string of the molecule is CCOc1ccccc1C(=O)OCC(=O)Nc1ccccc1Sc1ccc(Cl)cc1. The molecule has 0 aliphatic heterocycles. The van der Waals surface area contributed by atoms with Crippen molar-refractivity contribution in [3.63, 3.8) is 0 Å². The first-order chi connectivity index (χ1) is 14.6. The molecule has 5 nitrogen and oxygen atoms in total. The Labute approximate surface area is 184 Å². The Morgan fingerprint density at radius 3 is 2.43 bits per heavy atom. The van der Waals surface area contributed by atoms with Gasteiger partial charge in [-0.2, -0.15) is 0 Å². The molecule has 3 aromatic rings. The van der Waals surface area contributed by atoms with Gasteiger partial charge in [0.25, 0.3) is 5.91 Å². The van der Waals surface area contributed by atoms with Gasteiger partial charge in [-0.15, -0.1) is 0 Å². The van der Waals surface area contributed by atoms with Crippen molar-refractivity contribution in [3.05, 3.63) is 83.4 Å². The Kier molecular flexibility index (Phi) is 7.76. The molecule has 154 valence electrons. The number of para-hydroxylation sites is 2. The smallest absolute Gasteiger partial charge is 0.342 e. The standard InChI is InChI=1S/C23H20ClNO4S/c1-2-28-20-9-5-3-7-18(20)23(27)29-15-22(26)25-19-8-4-6-10-21(19)30-17-13-11-16(24)12-14-17/h3-14H,2,15H2,1H3,(H,25,26). The monoisotopic (exact) mass is 441 g/mol. The van der Waals surface area contributed by atoms with Crippen LogP contribution < -0.4 is 10.1 Å². The average Bonchev–Trinajstić information content (AvgIpc) is 2.75. The lowest BCUT2D eigenvalue weighted by Crippen LogP contribution is -2.21. The normalized spacial score (nSPS) is 10.3. The third-order valence-corrected chi connectivity index (χ3v) is 5.28. The van der Waals surface area contributed by atoms with E-state index >= 15 is 0 Å². The molecule has 3 rings (SSSR count). The van der Waals surface area contributed by atoms with Gasteiger partial charge < -0.3 is 14.8 Å². The summed E-state index contributed by atoms with van der Waals surface area (Å²) < 4.78 is 10.6. The largest absolute Gasteiger partial charge is 0.493 e. The molecule has 0 heterocycles. The molecule has 0 spiro atoms. The number of carbonyl (C=O) groups excluding carboxylic acids is 2. The number of hydrogen-bond donors (Lipinski definition) is 1. The number of carbonyl (C=O) groups is 2. The average molecular weight is 442 g/mol. The zero-order valence-electron chi connectivity index (χ0n) is 16.3. The molecule has 0 saturated carbocycles. The van der Waals surface area contributed by atoms with E-state index in [2.05, 4.69) is 5.32 Å². The first-order valence-electron chi connectivity index (χ1n) is 9.28. The number of halogens is 1. The van der Waals surface area contributed by atoms with Crippen molar-refractivity contribution in [1.82, 2.24) is 0 Å². The van der Waals surface area contributed by atoms with Gasteiger partial charge >= 0.3 is 5.97 Å². The summed E-state index contributed by atoms with van der Waals surface area (Å²) in [5, 5.41) is 3.46. The second kappa shape index (κ2) is 10.7. The lowest BCUT2D eigenvalue weighted by molar-refractivity contribution is -0.119. The number of rotatable bonds is 8. The number of nitrogens with one attached hydrogen (secondary N) is 1. The van der Waals surface area contributed by atoms with Gasteiger partial charge in [-0.25, -0.2) is 4.79 Å². The molecule has 0 bridgehead atoms. The van der Waals surface area contributed by atoms with Crippen LogP contribution in [0, 0.1) is 0 Å². The van der Waals surface area contributed by atoms with E-state index in [1.165, 1.54) is 11.8 Å². The second-order valence-corrected chi connectivity index (χ2v) is 7.66. The van der Waals surface area contributed by atoms with Crippen LogP contribution in [0.15, 0.2) is 82.6 Å². The number of amides is 1. The zero-order chi connectivity index (χ0) is 21.3. The van der Waals surface area contributed by atoms with E-state index in [9.17, 15) is 9.59 Å². The van der Waals surface area contributed by atoms with E-state index in [-0.39, 0.29) is 5.56 Å². The van der Waals surface area contributed by atoms with Crippen molar-refractivity contribution < 1.29 is 19.1 Å². The van der Waals surface area contributed by atoms with Crippen molar-refractivity contribution in [2.45, 2.75) is 16.7 Å². The number of esters is 1. The highest BCUT2D eigenvalue weighted by molar-refractivity contribution is 7.99. The Balaban J connectivity index is 1.61. The molecule has 1 amide bonds. The molecule has 0 radical (unpaired) electrons. The van der Waals surface area contributed by atoms with Crippen LogP contribution in [0.1, 0.15) is 17.3 Å². The topological polar surface area (TPSA) is 64.6 Å². The van der Waals surface area contributed by atoms with Crippen LogP contribution in [0.3, 0.4) is 0 Å². The van der Waals surface area contributed by atoms with E-state index < -0.39 is 18.5 Å². The molecular formula is C23H20ClNO4S. The summed E-state index contributed by atoms with van der Waals surface area (Å²) in [6.45, 7) is 1.85. The summed E-state index contributed by atoms with van der Waals surface area (Å²) in [4.78, 5) is 26.5. The molecule has 3 aromatic carbocycles. The minimum atomic E-state index is -0.613. The van der Waals surface area contributed by atoms with E-state index in [0.29, 0.717) is 23.1 Å². The van der Waals surface area contributed by atoms with Crippen LogP contribution in [0.4, 0.5) is 5.69 Å². The fourth-order valence-electron chi connectivity index (χ4n) is 2.60. The summed E-state index contributed by atoms with van der Waals surface area (Å²) in [6, 6.07) is 21.6. The fourth-order valence-corrected chi connectivity index (χ4v) is 3.63. The van der Waals surface area contributed by atoms with Crippen LogP contribution in [0.25, 0.3) is 0 Å². The Bertz CT molecular complexity index is 1020. The Morgan fingerprint density at radius 1 is 0.967 bits per heavy atom. The van der Waals surface area contributed by atoms with E-state index in [0.717, 1.165) is 9.79 Å². The molecule has 0 unspecified atom stereocenters. The Hall–Kier alpha value is -2.96. The van der Waals surface area contributed by atoms with Crippen LogP contribution in [0.5, 0.6) is 5.75 Å². The first-order valence-corrected chi connectivity index (χ1v) is 10.5. The second-order valence-electron chi connectivity index (χ2n) is 6.11. The van der Waals surface area contributed by atoms with Gasteiger partial charge in [0, 0.05) is 14.8 Å². The number of ether oxygens (including phenoxy) is 2. The van der Waals surface area contributed by atoms with Crippen molar-refractivity contribution in [2.75, 3.05) is 18.5 Å². The number of hydrogen-bond acceptors (Lipinski definition) is 5.